The molecule has 0 bridgehead atoms. The number of nitrogens with two attached hydrogens (primary N) is 1. The fraction of sp³-hybridized carbons (Fsp3) is 0.118. The second kappa shape index (κ2) is 7.09. The Balaban J connectivity index is 2.14. The van der Waals surface area contributed by atoms with Crippen molar-refractivity contribution >= 4 is 0 Å². The number of ether oxygens (including phenoxy) is 1. The molecule has 0 atom stereocenters. The summed E-state index contributed by atoms with van der Waals surface area (Å²) in [6.07, 6.45) is 0. The van der Waals surface area contributed by atoms with Crippen LogP contribution in [0.15, 0.2) is 42.5 Å². The van der Waals surface area contributed by atoms with Crippen LogP contribution in [0.1, 0.15) is 16.7 Å². The Morgan fingerprint density at radius 1 is 1.14 bits per heavy atom. The fourth-order valence-electron chi connectivity index (χ4n) is 1.70. The van der Waals surface area contributed by atoms with Gasteiger partial charge in [0.05, 0.1) is 23.7 Å². The summed E-state index contributed by atoms with van der Waals surface area (Å²) in [5.41, 5.74) is 7.39. The fourth-order valence-corrected chi connectivity index (χ4v) is 1.70. The van der Waals surface area contributed by atoms with Crippen LogP contribution < -0.4 is 10.5 Å². The molecule has 0 aliphatic rings. The molecule has 2 N–H and O–H groups in total. The third-order valence-electron chi connectivity index (χ3n) is 2.75. The molecule has 0 saturated heterocycles. The molecule has 0 amide bonds. The molecule has 3 nitrogen and oxygen atoms in total. The van der Waals surface area contributed by atoms with Gasteiger partial charge in [0.25, 0.3) is 0 Å². The minimum Gasteiger partial charge on any atom is -0.487 e. The van der Waals surface area contributed by atoms with E-state index in [1.165, 1.54) is 12.1 Å². The Hall–Kier alpha value is -2.82. The van der Waals surface area contributed by atoms with Crippen LogP contribution >= 0.6 is 0 Å². The molecule has 0 spiro atoms. The highest BCUT2D eigenvalue weighted by Crippen LogP contribution is 2.20. The molecule has 0 heterocycles. The van der Waals surface area contributed by atoms with Crippen LogP contribution in [0.2, 0.25) is 0 Å². The van der Waals surface area contributed by atoms with E-state index in [0.717, 1.165) is 5.56 Å². The van der Waals surface area contributed by atoms with E-state index in [4.69, 9.17) is 15.7 Å². The summed E-state index contributed by atoms with van der Waals surface area (Å²) in [6.45, 7) is 0.499. The second-order valence-corrected chi connectivity index (χ2v) is 4.24. The van der Waals surface area contributed by atoms with E-state index in [-0.39, 0.29) is 19.0 Å². The van der Waals surface area contributed by atoms with E-state index in [9.17, 15) is 4.39 Å². The smallest absolute Gasteiger partial charge is 0.138 e. The van der Waals surface area contributed by atoms with Gasteiger partial charge in [-0.2, -0.15) is 5.26 Å². The van der Waals surface area contributed by atoms with Gasteiger partial charge in [-0.05, 0) is 29.8 Å². The predicted octanol–water partition coefficient (Wildman–Crippen LogP) is 2.59. The summed E-state index contributed by atoms with van der Waals surface area (Å²) < 4.78 is 18.9. The molecule has 0 aliphatic carbocycles. The average molecular weight is 280 g/mol. The summed E-state index contributed by atoms with van der Waals surface area (Å²) in [7, 11) is 0. The standard InChI is InChI=1S/C17H13FN2O/c18-16-8-7-15(2-1-9-19)17(10-16)21-12-14-5-3-13(11-20)4-6-14/h3-8,10H,9,12,19H2. The molecular weight excluding hydrogens is 267 g/mol. The number of benzene rings is 2. The monoisotopic (exact) mass is 280 g/mol. The first-order valence-electron chi connectivity index (χ1n) is 6.33. The third kappa shape index (κ3) is 4.07. The van der Waals surface area contributed by atoms with Crippen molar-refractivity contribution in [3.8, 4) is 23.7 Å². The maximum absolute atomic E-state index is 13.3. The largest absolute Gasteiger partial charge is 0.487 e. The minimum absolute atomic E-state index is 0.229. The van der Waals surface area contributed by atoms with E-state index in [1.54, 1.807) is 30.3 Å². The predicted molar refractivity (Wildman–Crippen MR) is 77.8 cm³/mol. The van der Waals surface area contributed by atoms with Gasteiger partial charge in [0, 0.05) is 6.07 Å². The number of rotatable bonds is 3. The molecule has 2 aromatic carbocycles. The summed E-state index contributed by atoms with van der Waals surface area (Å²) in [5, 5.41) is 8.74. The molecule has 4 heteroatoms. The average Bonchev–Trinajstić information content (AvgIpc) is 2.52. The molecule has 21 heavy (non-hydrogen) atoms. The normalized spacial score (nSPS) is 9.38. The van der Waals surface area contributed by atoms with E-state index in [1.807, 2.05) is 6.07 Å². The van der Waals surface area contributed by atoms with Gasteiger partial charge in [0.15, 0.2) is 0 Å². The highest BCUT2D eigenvalue weighted by Gasteiger charge is 2.04. The van der Waals surface area contributed by atoms with Gasteiger partial charge in [-0.25, -0.2) is 4.39 Å². The molecule has 0 aromatic heterocycles. The number of nitrogens with zero attached hydrogens (tertiary/aromatic N) is 1. The van der Waals surface area contributed by atoms with Gasteiger partial charge in [-0.3, -0.25) is 0 Å². The Bertz CT molecular complexity index is 721. The summed E-state index contributed by atoms with van der Waals surface area (Å²) in [5.74, 6) is 5.55. The van der Waals surface area contributed by atoms with Crippen molar-refractivity contribution in [2.45, 2.75) is 6.61 Å². The van der Waals surface area contributed by atoms with Crippen molar-refractivity contribution < 1.29 is 9.13 Å². The molecule has 2 rings (SSSR count). The van der Waals surface area contributed by atoms with E-state index < -0.39 is 0 Å². The first-order chi connectivity index (χ1) is 10.2. The highest BCUT2D eigenvalue weighted by molar-refractivity contribution is 5.46. The number of halogens is 1. The molecule has 0 unspecified atom stereocenters. The van der Waals surface area contributed by atoms with Crippen molar-refractivity contribution in [2.75, 3.05) is 6.54 Å². The summed E-state index contributed by atoms with van der Waals surface area (Å²) >= 11 is 0. The first kappa shape index (κ1) is 14.6. The molecule has 2 aromatic rings. The Kier molecular flexibility index (Phi) is 4.93. The maximum Gasteiger partial charge on any atom is 0.138 e. The molecule has 0 saturated carbocycles. The van der Waals surface area contributed by atoms with Crippen molar-refractivity contribution in [2.24, 2.45) is 5.73 Å². The lowest BCUT2D eigenvalue weighted by Gasteiger charge is -2.08. The van der Waals surface area contributed by atoms with Crippen molar-refractivity contribution in [1.29, 1.82) is 5.26 Å². The minimum atomic E-state index is -0.386. The second-order valence-electron chi connectivity index (χ2n) is 4.24. The zero-order valence-corrected chi connectivity index (χ0v) is 11.3. The number of hydrogen-bond donors (Lipinski definition) is 1. The third-order valence-corrected chi connectivity index (χ3v) is 2.75. The van der Waals surface area contributed by atoms with Crippen LogP contribution in [0.4, 0.5) is 4.39 Å². The van der Waals surface area contributed by atoms with E-state index >= 15 is 0 Å². The quantitative estimate of drug-likeness (QED) is 0.879. The number of nitriles is 1. The van der Waals surface area contributed by atoms with Crippen LogP contribution in [0.5, 0.6) is 5.75 Å². The highest BCUT2D eigenvalue weighted by atomic mass is 19.1. The summed E-state index contributed by atoms with van der Waals surface area (Å²) in [6, 6.07) is 13.2. The lowest BCUT2D eigenvalue weighted by molar-refractivity contribution is 0.304. The van der Waals surface area contributed by atoms with E-state index in [0.29, 0.717) is 16.9 Å². The Morgan fingerprint density at radius 3 is 2.57 bits per heavy atom. The molecule has 104 valence electrons. The molecule has 0 aliphatic heterocycles. The van der Waals surface area contributed by atoms with Gasteiger partial charge in [0.1, 0.15) is 18.2 Å². The topological polar surface area (TPSA) is 59.0 Å². The van der Waals surface area contributed by atoms with Crippen LogP contribution in [0, 0.1) is 29.0 Å². The lowest BCUT2D eigenvalue weighted by atomic mass is 10.1. The van der Waals surface area contributed by atoms with Gasteiger partial charge >= 0.3 is 0 Å². The number of hydrogen-bond acceptors (Lipinski definition) is 3. The molecule has 0 fully saturated rings. The zero-order valence-electron chi connectivity index (χ0n) is 11.3. The Labute approximate surface area is 122 Å². The maximum atomic E-state index is 13.3. The van der Waals surface area contributed by atoms with Crippen LogP contribution in [-0.2, 0) is 6.61 Å². The lowest BCUT2D eigenvalue weighted by Crippen LogP contribution is -1.99. The summed E-state index contributed by atoms with van der Waals surface area (Å²) in [4.78, 5) is 0. The van der Waals surface area contributed by atoms with E-state index in [2.05, 4.69) is 11.8 Å². The van der Waals surface area contributed by atoms with Crippen molar-refractivity contribution in [3.63, 3.8) is 0 Å². The molecular formula is C17H13FN2O. The van der Waals surface area contributed by atoms with Gasteiger partial charge in [0.2, 0.25) is 0 Å². The Morgan fingerprint density at radius 2 is 1.90 bits per heavy atom. The van der Waals surface area contributed by atoms with Crippen molar-refractivity contribution in [1.82, 2.24) is 0 Å². The van der Waals surface area contributed by atoms with Gasteiger partial charge in [-0.15, -0.1) is 0 Å². The van der Waals surface area contributed by atoms with Crippen LogP contribution in [-0.4, -0.2) is 6.54 Å². The van der Waals surface area contributed by atoms with Gasteiger partial charge < -0.3 is 10.5 Å². The SMILES string of the molecule is N#Cc1ccc(COc2cc(F)ccc2C#CCN)cc1. The van der Waals surface area contributed by atoms with Crippen molar-refractivity contribution in [3.05, 3.63) is 65.0 Å². The van der Waals surface area contributed by atoms with Gasteiger partial charge in [-0.1, -0.05) is 24.0 Å². The first-order valence-corrected chi connectivity index (χ1v) is 6.33. The molecule has 0 radical (unpaired) electrons. The van der Waals surface area contributed by atoms with Crippen LogP contribution in [0.3, 0.4) is 0 Å². The zero-order chi connectivity index (χ0) is 15.1. The van der Waals surface area contributed by atoms with Crippen LogP contribution in [0.25, 0.3) is 0 Å².